The van der Waals surface area contributed by atoms with Crippen LogP contribution in [0.3, 0.4) is 0 Å². The largest absolute Gasteiger partial charge is 0.492 e. The predicted octanol–water partition coefficient (Wildman–Crippen LogP) is 4.74. The lowest BCUT2D eigenvalue weighted by Crippen LogP contribution is -2.18. The molecule has 0 unspecified atom stereocenters. The van der Waals surface area contributed by atoms with Gasteiger partial charge in [-0.25, -0.2) is 4.39 Å². The van der Waals surface area contributed by atoms with Gasteiger partial charge in [0.15, 0.2) is 17.0 Å². The molecule has 4 aromatic rings. The van der Waals surface area contributed by atoms with Gasteiger partial charge in [-0.2, -0.15) is 0 Å². The SMILES string of the molecule is COc1c(NCCNc2cccc3ccccc23)c(F)c(N)c2c(=O)ccn(C3CC3)c12. The molecule has 5 rings (SSSR count). The van der Waals surface area contributed by atoms with Gasteiger partial charge in [0.05, 0.1) is 23.7 Å². The fourth-order valence-corrected chi connectivity index (χ4v) is 4.28. The minimum atomic E-state index is -0.662. The van der Waals surface area contributed by atoms with Crippen molar-refractivity contribution in [2.24, 2.45) is 0 Å². The van der Waals surface area contributed by atoms with E-state index in [2.05, 4.69) is 28.8 Å². The second-order valence-electron chi connectivity index (χ2n) is 8.06. The van der Waals surface area contributed by atoms with E-state index in [4.69, 9.17) is 10.5 Å². The van der Waals surface area contributed by atoms with Crippen molar-refractivity contribution in [3.63, 3.8) is 0 Å². The Morgan fingerprint density at radius 1 is 1.09 bits per heavy atom. The topological polar surface area (TPSA) is 81.3 Å². The van der Waals surface area contributed by atoms with E-state index >= 15 is 4.39 Å². The molecule has 164 valence electrons. The molecule has 1 heterocycles. The van der Waals surface area contributed by atoms with Gasteiger partial charge in [-0.1, -0.05) is 36.4 Å². The van der Waals surface area contributed by atoms with E-state index in [0.717, 1.165) is 29.3 Å². The Morgan fingerprint density at radius 3 is 2.62 bits per heavy atom. The average molecular weight is 432 g/mol. The Kier molecular flexibility index (Phi) is 5.09. The molecule has 6 nitrogen and oxygen atoms in total. The van der Waals surface area contributed by atoms with Crippen LogP contribution in [0.15, 0.2) is 59.5 Å². The second-order valence-corrected chi connectivity index (χ2v) is 8.06. The van der Waals surface area contributed by atoms with Crippen LogP contribution < -0.4 is 26.5 Å². The van der Waals surface area contributed by atoms with Crippen LogP contribution in [-0.2, 0) is 0 Å². The number of ether oxygens (including phenoxy) is 1. The van der Waals surface area contributed by atoms with Crippen LogP contribution in [0.4, 0.5) is 21.5 Å². The summed E-state index contributed by atoms with van der Waals surface area (Å²) in [4.78, 5) is 12.5. The summed E-state index contributed by atoms with van der Waals surface area (Å²) in [7, 11) is 1.48. The molecule has 1 aromatic heterocycles. The number of aromatic nitrogens is 1. The Morgan fingerprint density at radius 2 is 1.84 bits per heavy atom. The number of pyridine rings is 1. The molecule has 3 aromatic carbocycles. The van der Waals surface area contributed by atoms with E-state index in [9.17, 15) is 4.79 Å². The molecule has 32 heavy (non-hydrogen) atoms. The number of anilines is 3. The van der Waals surface area contributed by atoms with Crippen molar-refractivity contribution in [2.45, 2.75) is 18.9 Å². The number of fused-ring (bicyclic) bond motifs is 2. The number of methoxy groups -OCH3 is 1. The van der Waals surface area contributed by atoms with Crippen molar-refractivity contribution in [3.8, 4) is 5.75 Å². The summed E-state index contributed by atoms with van der Waals surface area (Å²) < 4.78 is 22.8. The van der Waals surface area contributed by atoms with Crippen LogP contribution >= 0.6 is 0 Å². The van der Waals surface area contributed by atoms with E-state index in [1.54, 1.807) is 6.20 Å². The van der Waals surface area contributed by atoms with Gasteiger partial charge in [-0.3, -0.25) is 4.79 Å². The van der Waals surface area contributed by atoms with Gasteiger partial charge in [-0.05, 0) is 24.3 Å². The molecule has 1 saturated carbocycles. The number of nitrogens with two attached hydrogens (primary N) is 1. The van der Waals surface area contributed by atoms with Crippen LogP contribution in [0.25, 0.3) is 21.7 Å². The zero-order valence-corrected chi connectivity index (χ0v) is 17.8. The highest BCUT2D eigenvalue weighted by molar-refractivity contribution is 6.00. The molecular formula is C25H25FN4O2. The van der Waals surface area contributed by atoms with Gasteiger partial charge in [0.2, 0.25) is 0 Å². The van der Waals surface area contributed by atoms with E-state index in [1.807, 2.05) is 28.8 Å². The summed E-state index contributed by atoms with van der Waals surface area (Å²) in [6.45, 7) is 0.987. The van der Waals surface area contributed by atoms with Crippen molar-refractivity contribution in [2.75, 3.05) is 36.6 Å². The van der Waals surface area contributed by atoms with Crippen molar-refractivity contribution in [1.29, 1.82) is 0 Å². The van der Waals surface area contributed by atoms with E-state index in [0.29, 0.717) is 24.4 Å². The van der Waals surface area contributed by atoms with E-state index in [1.165, 1.54) is 13.2 Å². The average Bonchev–Trinajstić information content (AvgIpc) is 3.65. The summed E-state index contributed by atoms with van der Waals surface area (Å²) in [6.07, 6.45) is 3.76. The quantitative estimate of drug-likeness (QED) is 0.290. The third kappa shape index (κ3) is 3.39. The molecule has 1 fully saturated rings. The van der Waals surface area contributed by atoms with Crippen LogP contribution in [0.2, 0.25) is 0 Å². The Labute approximate surface area is 184 Å². The number of nitrogens with zero attached hydrogens (tertiary/aromatic N) is 1. The van der Waals surface area contributed by atoms with Crippen LogP contribution in [0.1, 0.15) is 18.9 Å². The first-order valence-corrected chi connectivity index (χ1v) is 10.8. The molecule has 0 radical (unpaired) electrons. The molecule has 0 atom stereocenters. The fraction of sp³-hybridized carbons (Fsp3) is 0.240. The lowest BCUT2D eigenvalue weighted by molar-refractivity contribution is 0.416. The first-order valence-electron chi connectivity index (χ1n) is 10.8. The Balaban J connectivity index is 1.44. The summed E-state index contributed by atoms with van der Waals surface area (Å²) in [5.74, 6) is -0.355. The van der Waals surface area contributed by atoms with Crippen molar-refractivity contribution < 1.29 is 9.13 Å². The summed E-state index contributed by atoms with van der Waals surface area (Å²) in [5.41, 5.74) is 7.37. The predicted molar refractivity (Wildman–Crippen MR) is 128 cm³/mol. The molecular weight excluding hydrogens is 407 g/mol. The number of nitrogen functional groups attached to an aromatic ring is 1. The maximum atomic E-state index is 15.2. The highest BCUT2D eigenvalue weighted by atomic mass is 19.1. The maximum absolute atomic E-state index is 15.2. The van der Waals surface area contributed by atoms with Gasteiger partial charge in [-0.15, -0.1) is 0 Å². The Hall–Kier alpha value is -3.74. The number of nitrogens with one attached hydrogen (secondary N) is 2. The first-order chi connectivity index (χ1) is 15.6. The smallest absolute Gasteiger partial charge is 0.191 e. The summed E-state index contributed by atoms with van der Waals surface area (Å²) in [6, 6.07) is 15.9. The second kappa shape index (κ2) is 8.07. The number of rotatable bonds is 7. The van der Waals surface area contributed by atoms with Gasteiger partial charge in [0.25, 0.3) is 0 Å². The Bertz CT molecular complexity index is 1370. The molecule has 0 saturated heterocycles. The molecule has 1 aliphatic carbocycles. The minimum absolute atomic E-state index is 0.148. The van der Waals surface area contributed by atoms with Crippen molar-refractivity contribution in [1.82, 2.24) is 4.57 Å². The third-order valence-electron chi connectivity index (χ3n) is 5.97. The van der Waals surface area contributed by atoms with Crippen LogP contribution in [-0.4, -0.2) is 24.8 Å². The van der Waals surface area contributed by atoms with E-state index in [-0.39, 0.29) is 28.2 Å². The highest BCUT2D eigenvalue weighted by Gasteiger charge is 2.29. The van der Waals surface area contributed by atoms with Gasteiger partial charge in [0.1, 0.15) is 5.69 Å². The van der Waals surface area contributed by atoms with Gasteiger partial charge < -0.3 is 25.7 Å². The first kappa shape index (κ1) is 20.2. The molecule has 0 amide bonds. The van der Waals surface area contributed by atoms with Crippen LogP contribution in [0.5, 0.6) is 5.75 Å². The molecule has 0 spiro atoms. The molecule has 0 aliphatic heterocycles. The van der Waals surface area contributed by atoms with E-state index < -0.39 is 5.82 Å². The van der Waals surface area contributed by atoms with Crippen molar-refractivity contribution in [3.05, 3.63) is 70.8 Å². The standard InChI is InChI=1S/C25H25FN4O2/c1-32-25-23(29-13-12-28-18-8-4-6-15-5-2-3-7-17(15)18)21(26)22(27)20-19(31)11-14-30(24(20)25)16-9-10-16/h2-8,11,14,16,28-29H,9-10,12-13,27H2,1H3. The normalized spacial score (nSPS) is 13.4. The number of benzene rings is 3. The minimum Gasteiger partial charge on any atom is -0.492 e. The lowest BCUT2D eigenvalue weighted by atomic mass is 10.1. The third-order valence-corrected chi connectivity index (χ3v) is 5.97. The highest BCUT2D eigenvalue weighted by Crippen LogP contribution is 2.44. The number of hydrogen-bond donors (Lipinski definition) is 3. The van der Waals surface area contributed by atoms with Gasteiger partial charge in [0, 0.05) is 42.5 Å². The number of hydrogen-bond acceptors (Lipinski definition) is 5. The zero-order valence-electron chi connectivity index (χ0n) is 17.8. The molecule has 7 heteroatoms. The van der Waals surface area contributed by atoms with Gasteiger partial charge >= 0.3 is 0 Å². The number of halogens is 1. The zero-order chi connectivity index (χ0) is 22.2. The molecule has 1 aliphatic rings. The van der Waals surface area contributed by atoms with Crippen molar-refractivity contribution >= 4 is 38.7 Å². The summed E-state index contributed by atoms with van der Waals surface area (Å²) in [5, 5.41) is 8.99. The monoisotopic (exact) mass is 432 g/mol. The summed E-state index contributed by atoms with van der Waals surface area (Å²) >= 11 is 0. The molecule has 0 bridgehead atoms. The van der Waals surface area contributed by atoms with Crippen LogP contribution in [0, 0.1) is 5.82 Å². The maximum Gasteiger partial charge on any atom is 0.191 e. The fourth-order valence-electron chi connectivity index (χ4n) is 4.28. The molecule has 4 N–H and O–H groups in total. The lowest BCUT2D eigenvalue weighted by Gasteiger charge is -2.20.